The monoisotopic (exact) mass is 439 g/mol. The highest BCUT2D eigenvalue weighted by molar-refractivity contribution is 5.92. The minimum atomic E-state index is -0.684. The number of carbonyl (C=O) groups is 1. The molecule has 0 saturated heterocycles. The molecule has 1 aromatic heterocycles. The second kappa shape index (κ2) is 9.82. The maximum Gasteiger partial charge on any atom is 0.294 e. The van der Waals surface area contributed by atoms with Gasteiger partial charge in [0.05, 0.1) is 10.6 Å². The Balaban J connectivity index is 1.71. The molecule has 3 aromatic rings. The predicted octanol–water partition coefficient (Wildman–Crippen LogP) is 2.84. The van der Waals surface area contributed by atoms with E-state index in [1.54, 1.807) is 43.1 Å². The molecule has 2 aromatic carbocycles. The van der Waals surface area contributed by atoms with Gasteiger partial charge in [-0.15, -0.1) is 0 Å². The summed E-state index contributed by atoms with van der Waals surface area (Å²) in [4.78, 5) is 37.4. The number of nitrogens with one attached hydrogen (secondary N) is 1. The summed E-state index contributed by atoms with van der Waals surface area (Å²) in [6.07, 6.45) is 0.501. The van der Waals surface area contributed by atoms with Gasteiger partial charge in [0, 0.05) is 38.0 Å². The zero-order chi connectivity index (χ0) is 23.3. The first-order chi connectivity index (χ1) is 15.3. The van der Waals surface area contributed by atoms with Crippen molar-refractivity contribution in [2.24, 2.45) is 0 Å². The van der Waals surface area contributed by atoms with Gasteiger partial charge < -0.3 is 10.2 Å². The number of nitro groups is 1. The van der Waals surface area contributed by atoms with E-state index < -0.39 is 16.3 Å². The average Bonchev–Trinajstić information content (AvgIpc) is 2.76. The van der Waals surface area contributed by atoms with Gasteiger partial charge >= 0.3 is 0 Å². The van der Waals surface area contributed by atoms with Crippen LogP contribution in [0.15, 0.2) is 59.4 Å². The van der Waals surface area contributed by atoms with Gasteiger partial charge in [0.15, 0.2) is 5.69 Å². The number of para-hydroxylation sites is 3. The molecule has 0 unspecified atom stereocenters. The van der Waals surface area contributed by atoms with Crippen LogP contribution in [0.5, 0.6) is 0 Å². The number of aryl methyl sites for hydroxylation is 1. The molecule has 1 N–H and O–H groups in total. The summed E-state index contributed by atoms with van der Waals surface area (Å²) in [5, 5.41) is 18.1. The minimum Gasteiger partial charge on any atom is -0.372 e. The average molecular weight is 439 g/mol. The standard InChI is InChI=1S/C22H22FN5O4/c1-15-14-20(29)21(25-27(15)18-10-5-6-11-19(18)28(31)32)22(30)24-12-7-13-26(2)17-9-4-3-8-16(17)23/h3-6,8-11,14H,7,12-13H2,1-2H3,(H,24,30). The van der Waals surface area contributed by atoms with Crippen LogP contribution in [-0.4, -0.2) is 40.7 Å². The van der Waals surface area contributed by atoms with E-state index in [1.807, 2.05) is 0 Å². The number of aromatic nitrogens is 2. The summed E-state index contributed by atoms with van der Waals surface area (Å²) >= 11 is 0. The van der Waals surface area contributed by atoms with Gasteiger partial charge in [-0.25, -0.2) is 9.07 Å². The summed E-state index contributed by atoms with van der Waals surface area (Å²) < 4.78 is 15.0. The zero-order valence-electron chi connectivity index (χ0n) is 17.6. The Morgan fingerprint density at radius 3 is 2.62 bits per heavy atom. The fourth-order valence-electron chi connectivity index (χ4n) is 3.23. The quantitative estimate of drug-likeness (QED) is 0.328. The second-order valence-electron chi connectivity index (χ2n) is 7.14. The number of carbonyl (C=O) groups excluding carboxylic acids is 1. The maximum atomic E-state index is 13.8. The Kier molecular flexibility index (Phi) is 6.93. The fraction of sp³-hybridized carbons (Fsp3) is 0.227. The van der Waals surface area contributed by atoms with Crippen molar-refractivity contribution in [2.75, 3.05) is 25.0 Å². The Labute approximate surface area is 183 Å². The largest absolute Gasteiger partial charge is 0.372 e. The zero-order valence-corrected chi connectivity index (χ0v) is 17.6. The Bertz CT molecular complexity index is 1210. The summed E-state index contributed by atoms with van der Waals surface area (Å²) in [6, 6.07) is 13.5. The lowest BCUT2D eigenvalue weighted by atomic mass is 10.2. The molecule has 0 spiro atoms. The summed E-state index contributed by atoms with van der Waals surface area (Å²) in [6.45, 7) is 2.28. The normalized spacial score (nSPS) is 10.6. The van der Waals surface area contributed by atoms with Crippen LogP contribution in [0.3, 0.4) is 0 Å². The molecule has 0 aliphatic carbocycles. The predicted molar refractivity (Wildman–Crippen MR) is 118 cm³/mol. The third kappa shape index (κ3) is 4.97. The third-order valence-electron chi connectivity index (χ3n) is 4.85. The minimum absolute atomic E-state index is 0.149. The van der Waals surface area contributed by atoms with E-state index in [0.29, 0.717) is 24.3 Å². The second-order valence-corrected chi connectivity index (χ2v) is 7.14. The van der Waals surface area contributed by atoms with E-state index in [4.69, 9.17) is 0 Å². The van der Waals surface area contributed by atoms with E-state index in [9.17, 15) is 24.1 Å². The third-order valence-corrected chi connectivity index (χ3v) is 4.85. The number of hydrogen-bond acceptors (Lipinski definition) is 6. The van der Waals surface area contributed by atoms with Gasteiger partial charge in [-0.2, -0.15) is 5.10 Å². The van der Waals surface area contributed by atoms with Crippen molar-refractivity contribution in [2.45, 2.75) is 13.3 Å². The molecule has 10 heteroatoms. The number of rotatable bonds is 8. The van der Waals surface area contributed by atoms with Crippen LogP contribution in [0.25, 0.3) is 5.69 Å². The van der Waals surface area contributed by atoms with Crippen LogP contribution >= 0.6 is 0 Å². The summed E-state index contributed by atoms with van der Waals surface area (Å²) in [7, 11) is 1.74. The van der Waals surface area contributed by atoms with Gasteiger partial charge in [-0.3, -0.25) is 19.7 Å². The lowest BCUT2D eigenvalue weighted by Crippen LogP contribution is -2.33. The van der Waals surface area contributed by atoms with E-state index in [0.717, 1.165) is 0 Å². The maximum absolute atomic E-state index is 13.8. The molecule has 0 fully saturated rings. The molecule has 0 radical (unpaired) electrons. The molecule has 166 valence electrons. The molecule has 32 heavy (non-hydrogen) atoms. The first kappa shape index (κ1) is 22.6. The number of hydrogen-bond donors (Lipinski definition) is 1. The molecule has 9 nitrogen and oxygen atoms in total. The van der Waals surface area contributed by atoms with E-state index in [1.165, 1.54) is 35.0 Å². The van der Waals surface area contributed by atoms with Gasteiger partial charge in [-0.05, 0) is 31.5 Å². The van der Waals surface area contributed by atoms with Crippen molar-refractivity contribution in [1.82, 2.24) is 15.1 Å². The number of nitro benzene ring substituents is 1. The molecule has 3 rings (SSSR count). The molecule has 0 atom stereocenters. The fourth-order valence-corrected chi connectivity index (χ4v) is 3.23. The van der Waals surface area contributed by atoms with Gasteiger partial charge in [0.2, 0.25) is 5.43 Å². The number of nitrogens with zero attached hydrogens (tertiary/aromatic N) is 4. The van der Waals surface area contributed by atoms with Crippen LogP contribution in [0.4, 0.5) is 15.8 Å². The molecule has 0 saturated carbocycles. The van der Waals surface area contributed by atoms with Gasteiger partial charge in [-0.1, -0.05) is 24.3 Å². The summed E-state index contributed by atoms with van der Waals surface area (Å²) in [5.74, 6) is -1.02. The highest BCUT2D eigenvalue weighted by atomic mass is 19.1. The number of anilines is 1. The Hall–Kier alpha value is -4.08. The van der Waals surface area contributed by atoms with Crippen molar-refractivity contribution in [3.8, 4) is 5.69 Å². The molecular formula is C22H22FN5O4. The van der Waals surface area contributed by atoms with E-state index in [2.05, 4.69) is 10.4 Å². The highest BCUT2D eigenvalue weighted by Crippen LogP contribution is 2.22. The Morgan fingerprint density at radius 1 is 1.22 bits per heavy atom. The van der Waals surface area contributed by atoms with Crippen molar-refractivity contribution in [3.05, 3.63) is 92.1 Å². The first-order valence-corrected chi connectivity index (χ1v) is 9.88. The van der Waals surface area contributed by atoms with Crippen molar-refractivity contribution in [1.29, 1.82) is 0 Å². The van der Waals surface area contributed by atoms with Crippen LogP contribution in [0.2, 0.25) is 0 Å². The number of halogens is 1. The number of benzene rings is 2. The molecule has 0 aliphatic rings. The van der Waals surface area contributed by atoms with Crippen LogP contribution in [0.1, 0.15) is 22.6 Å². The van der Waals surface area contributed by atoms with Crippen LogP contribution in [-0.2, 0) is 0 Å². The SMILES string of the molecule is Cc1cc(=O)c(C(=O)NCCCN(C)c2ccccc2F)nn1-c1ccccc1[N+](=O)[O-]. The molecule has 0 bridgehead atoms. The number of amides is 1. The van der Waals surface area contributed by atoms with E-state index in [-0.39, 0.29) is 29.4 Å². The molecule has 1 heterocycles. The van der Waals surface area contributed by atoms with Crippen molar-refractivity contribution >= 4 is 17.3 Å². The van der Waals surface area contributed by atoms with E-state index >= 15 is 0 Å². The van der Waals surface area contributed by atoms with Gasteiger partial charge in [0.25, 0.3) is 11.6 Å². The van der Waals surface area contributed by atoms with Crippen molar-refractivity contribution < 1.29 is 14.1 Å². The smallest absolute Gasteiger partial charge is 0.294 e. The molecule has 1 amide bonds. The molecule has 0 aliphatic heterocycles. The van der Waals surface area contributed by atoms with Crippen LogP contribution in [0, 0.1) is 22.9 Å². The highest BCUT2D eigenvalue weighted by Gasteiger charge is 2.20. The van der Waals surface area contributed by atoms with Gasteiger partial charge in [0.1, 0.15) is 11.5 Å². The lowest BCUT2D eigenvalue weighted by molar-refractivity contribution is -0.384. The van der Waals surface area contributed by atoms with Crippen LogP contribution < -0.4 is 15.6 Å². The lowest BCUT2D eigenvalue weighted by Gasteiger charge is -2.19. The summed E-state index contributed by atoms with van der Waals surface area (Å²) in [5.41, 5.74) is -0.196. The first-order valence-electron chi connectivity index (χ1n) is 9.88. The molecular weight excluding hydrogens is 417 g/mol. The van der Waals surface area contributed by atoms with Crippen molar-refractivity contribution in [3.63, 3.8) is 0 Å². The topological polar surface area (TPSA) is 110 Å². The Morgan fingerprint density at radius 2 is 1.91 bits per heavy atom.